The first-order valence-corrected chi connectivity index (χ1v) is 4.24. The first-order valence-electron chi connectivity index (χ1n) is 4.24. The van der Waals surface area contributed by atoms with Crippen molar-refractivity contribution >= 4 is 0 Å². The smallest absolute Gasteiger partial charge is 0.168 e. The van der Waals surface area contributed by atoms with Gasteiger partial charge in [-0.1, -0.05) is 0 Å². The lowest BCUT2D eigenvalue weighted by molar-refractivity contribution is 0.121. The van der Waals surface area contributed by atoms with Crippen LogP contribution in [0.4, 0.5) is 13.2 Å². The van der Waals surface area contributed by atoms with E-state index in [1.165, 1.54) is 0 Å². The maximum absolute atomic E-state index is 13.0. The van der Waals surface area contributed by atoms with Crippen LogP contribution in [-0.4, -0.2) is 13.2 Å². The fourth-order valence-corrected chi connectivity index (χ4v) is 0.939. The average Bonchev–Trinajstić information content (AvgIpc) is 2.20. The van der Waals surface area contributed by atoms with Gasteiger partial charge in [-0.15, -0.1) is 0 Å². The molecule has 6 heteroatoms. The van der Waals surface area contributed by atoms with E-state index >= 15 is 0 Å². The molecule has 0 bridgehead atoms. The molecule has 0 atom stereocenters. The van der Waals surface area contributed by atoms with Gasteiger partial charge < -0.3 is 9.57 Å². The van der Waals surface area contributed by atoms with Gasteiger partial charge in [0, 0.05) is 18.6 Å². The zero-order chi connectivity index (χ0) is 11.3. The van der Waals surface area contributed by atoms with E-state index in [1.54, 1.807) is 0 Å². The van der Waals surface area contributed by atoms with Crippen molar-refractivity contribution in [2.24, 2.45) is 5.90 Å². The van der Waals surface area contributed by atoms with E-state index in [0.717, 1.165) is 0 Å². The van der Waals surface area contributed by atoms with Gasteiger partial charge in [-0.25, -0.2) is 19.1 Å². The first-order chi connectivity index (χ1) is 7.15. The van der Waals surface area contributed by atoms with Crippen LogP contribution in [0.2, 0.25) is 0 Å². The lowest BCUT2D eigenvalue weighted by Crippen LogP contribution is -2.07. The van der Waals surface area contributed by atoms with Crippen LogP contribution >= 0.6 is 0 Å². The van der Waals surface area contributed by atoms with Crippen molar-refractivity contribution in [2.45, 2.75) is 6.42 Å². The second-order valence-corrected chi connectivity index (χ2v) is 2.77. The molecule has 0 unspecified atom stereocenters. The summed E-state index contributed by atoms with van der Waals surface area (Å²) in [6.45, 7) is 0.352. The summed E-state index contributed by atoms with van der Waals surface area (Å²) in [5.74, 6) is 1.08. The van der Waals surface area contributed by atoms with Crippen molar-refractivity contribution in [1.82, 2.24) is 0 Å². The molecular formula is C9H10F3NO2. The van der Waals surface area contributed by atoms with Crippen molar-refractivity contribution in [3.05, 3.63) is 29.6 Å². The number of ether oxygens (including phenoxy) is 1. The van der Waals surface area contributed by atoms with Crippen LogP contribution in [0.15, 0.2) is 12.1 Å². The summed E-state index contributed by atoms with van der Waals surface area (Å²) in [4.78, 5) is 4.25. The molecule has 1 aromatic rings. The van der Waals surface area contributed by atoms with E-state index in [0.29, 0.717) is 18.6 Å². The topological polar surface area (TPSA) is 44.5 Å². The normalized spacial score (nSPS) is 10.4. The minimum Gasteiger partial charge on any atom is -0.490 e. The fourth-order valence-electron chi connectivity index (χ4n) is 0.939. The Bertz CT molecular complexity index is 333. The van der Waals surface area contributed by atoms with Crippen LogP contribution in [-0.2, 0) is 4.84 Å². The first kappa shape index (κ1) is 11.8. The standard InChI is InChI=1S/C9H10F3NO2/c10-6-4-8(12)9(5-7(6)11)14-2-1-3-15-13/h4-5H,1-3,13H2. The number of hydrogen-bond acceptors (Lipinski definition) is 3. The number of rotatable bonds is 5. The van der Waals surface area contributed by atoms with Gasteiger partial charge in [0.05, 0.1) is 13.2 Å². The van der Waals surface area contributed by atoms with E-state index in [1.807, 2.05) is 0 Å². The number of nitrogens with two attached hydrogens (primary N) is 1. The third-order valence-electron chi connectivity index (χ3n) is 1.64. The zero-order valence-electron chi connectivity index (χ0n) is 7.80. The summed E-state index contributed by atoms with van der Waals surface area (Å²) in [6.07, 6.45) is 0.426. The Hall–Kier alpha value is -1.27. The molecule has 1 aromatic carbocycles. The lowest BCUT2D eigenvalue weighted by atomic mass is 10.3. The van der Waals surface area contributed by atoms with Crippen LogP contribution in [0.3, 0.4) is 0 Å². The molecule has 0 spiro atoms. The molecule has 0 aliphatic heterocycles. The van der Waals surface area contributed by atoms with Crippen molar-refractivity contribution in [3.8, 4) is 5.75 Å². The summed E-state index contributed by atoms with van der Waals surface area (Å²) in [5.41, 5.74) is 0. The monoisotopic (exact) mass is 221 g/mol. The lowest BCUT2D eigenvalue weighted by Gasteiger charge is -2.06. The predicted molar refractivity (Wildman–Crippen MR) is 46.6 cm³/mol. The van der Waals surface area contributed by atoms with Gasteiger partial charge in [0.15, 0.2) is 23.2 Å². The van der Waals surface area contributed by atoms with E-state index < -0.39 is 17.5 Å². The SMILES string of the molecule is NOCCCOc1cc(F)c(F)cc1F. The van der Waals surface area contributed by atoms with Gasteiger partial charge in [-0.05, 0) is 0 Å². The highest BCUT2D eigenvalue weighted by molar-refractivity contribution is 5.25. The number of halogens is 3. The number of hydrogen-bond donors (Lipinski definition) is 1. The Morgan fingerprint density at radius 3 is 2.33 bits per heavy atom. The van der Waals surface area contributed by atoms with Gasteiger partial charge in [0.1, 0.15) is 0 Å². The Labute approximate surface area is 84.5 Å². The fraction of sp³-hybridized carbons (Fsp3) is 0.333. The molecule has 0 saturated heterocycles. The molecule has 0 amide bonds. The molecule has 0 aromatic heterocycles. The Kier molecular flexibility index (Phi) is 4.38. The molecule has 15 heavy (non-hydrogen) atoms. The van der Waals surface area contributed by atoms with E-state index in [9.17, 15) is 13.2 Å². The minimum absolute atomic E-state index is 0.110. The second kappa shape index (κ2) is 5.57. The van der Waals surface area contributed by atoms with Gasteiger partial charge in [0.25, 0.3) is 0 Å². The van der Waals surface area contributed by atoms with Crippen molar-refractivity contribution in [2.75, 3.05) is 13.2 Å². The largest absolute Gasteiger partial charge is 0.490 e. The summed E-state index contributed by atoms with van der Waals surface area (Å²) in [6, 6.07) is 1.10. The van der Waals surface area contributed by atoms with Crippen LogP contribution in [0.5, 0.6) is 5.75 Å². The summed E-state index contributed by atoms with van der Waals surface area (Å²) >= 11 is 0. The molecular weight excluding hydrogens is 211 g/mol. The molecule has 0 radical (unpaired) electrons. The van der Waals surface area contributed by atoms with Crippen LogP contribution < -0.4 is 10.6 Å². The van der Waals surface area contributed by atoms with Crippen LogP contribution in [0, 0.1) is 17.5 Å². The maximum Gasteiger partial charge on any atom is 0.168 e. The third-order valence-corrected chi connectivity index (χ3v) is 1.64. The Morgan fingerprint density at radius 1 is 1.00 bits per heavy atom. The summed E-state index contributed by atoms with van der Waals surface area (Å²) in [7, 11) is 0. The molecule has 1 rings (SSSR count). The van der Waals surface area contributed by atoms with Gasteiger partial charge in [0.2, 0.25) is 0 Å². The Morgan fingerprint density at radius 2 is 1.67 bits per heavy atom. The summed E-state index contributed by atoms with van der Waals surface area (Å²) < 4.78 is 43.0. The molecule has 2 N–H and O–H groups in total. The highest BCUT2D eigenvalue weighted by atomic mass is 19.2. The van der Waals surface area contributed by atoms with Gasteiger partial charge in [-0.2, -0.15) is 0 Å². The van der Waals surface area contributed by atoms with Crippen molar-refractivity contribution < 1.29 is 22.7 Å². The molecule has 3 nitrogen and oxygen atoms in total. The van der Waals surface area contributed by atoms with E-state index in [4.69, 9.17) is 10.6 Å². The average molecular weight is 221 g/mol. The third kappa shape index (κ3) is 3.41. The minimum atomic E-state index is -1.25. The van der Waals surface area contributed by atoms with E-state index in [-0.39, 0.29) is 19.0 Å². The molecule has 0 aliphatic rings. The summed E-state index contributed by atoms with van der Waals surface area (Å²) in [5, 5.41) is 0. The van der Waals surface area contributed by atoms with Crippen LogP contribution in [0.1, 0.15) is 6.42 Å². The van der Waals surface area contributed by atoms with E-state index in [2.05, 4.69) is 4.84 Å². The predicted octanol–water partition coefficient (Wildman–Crippen LogP) is 1.76. The quantitative estimate of drug-likeness (QED) is 0.468. The maximum atomic E-state index is 13.0. The van der Waals surface area contributed by atoms with Crippen LogP contribution in [0.25, 0.3) is 0 Å². The van der Waals surface area contributed by atoms with Gasteiger partial charge >= 0.3 is 0 Å². The molecule has 84 valence electrons. The molecule has 0 fully saturated rings. The molecule has 0 saturated carbocycles. The van der Waals surface area contributed by atoms with Gasteiger partial charge in [-0.3, -0.25) is 0 Å². The highest BCUT2D eigenvalue weighted by Gasteiger charge is 2.10. The molecule has 0 heterocycles. The molecule has 0 aliphatic carbocycles. The Balaban J connectivity index is 2.57. The van der Waals surface area contributed by atoms with Crippen molar-refractivity contribution in [1.29, 1.82) is 0 Å². The zero-order valence-corrected chi connectivity index (χ0v) is 7.80. The second-order valence-electron chi connectivity index (χ2n) is 2.77. The highest BCUT2D eigenvalue weighted by Crippen LogP contribution is 2.20. The van der Waals surface area contributed by atoms with Crippen molar-refractivity contribution in [3.63, 3.8) is 0 Å². The number of benzene rings is 1.